The number of carboxylic acid groups (broad SMARTS) is 1. The lowest BCUT2D eigenvalue weighted by Gasteiger charge is -2.08. The van der Waals surface area contributed by atoms with Gasteiger partial charge in [-0.3, -0.25) is 4.79 Å². The van der Waals surface area contributed by atoms with E-state index in [0.717, 1.165) is 68.4 Å². The van der Waals surface area contributed by atoms with Gasteiger partial charge in [0.15, 0.2) is 5.82 Å². The van der Waals surface area contributed by atoms with Crippen LogP contribution in [0.1, 0.15) is 70.3 Å². The third-order valence-electron chi connectivity index (χ3n) is 5.06. The van der Waals surface area contributed by atoms with Gasteiger partial charge >= 0.3 is 5.97 Å². The van der Waals surface area contributed by atoms with Gasteiger partial charge in [-0.15, -0.1) is 0 Å². The molecule has 0 aliphatic rings. The maximum Gasteiger partial charge on any atom is 0.303 e. The van der Waals surface area contributed by atoms with Crippen molar-refractivity contribution in [3.05, 3.63) is 42.2 Å². The number of hydrogen-bond acceptors (Lipinski definition) is 5. The third-order valence-corrected chi connectivity index (χ3v) is 5.06. The van der Waals surface area contributed by atoms with Crippen LogP contribution in [-0.2, 0) is 16.0 Å². The van der Waals surface area contributed by atoms with Crippen molar-refractivity contribution in [1.29, 1.82) is 0 Å². The monoisotopic (exact) mass is 428 g/mol. The molecule has 0 aliphatic heterocycles. The van der Waals surface area contributed by atoms with Gasteiger partial charge in [-0.1, -0.05) is 39.0 Å². The molecular formula is C25H36N2O4. The Hall–Kier alpha value is -2.47. The predicted molar refractivity (Wildman–Crippen MR) is 122 cm³/mol. The van der Waals surface area contributed by atoms with Crippen molar-refractivity contribution in [2.24, 2.45) is 0 Å². The zero-order valence-corrected chi connectivity index (χ0v) is 18.7. The molecule has 1 aromatic carbocycles. The Morgan fingerprint density at radius 2 is 1.58 bits per heavy atom. The van der Waals surface area contributed by atoms with Crippen molar-refractivity contribution in [1.82, 2.24) is 9.97 Å². The number of nitrogens with zero attached hydrogens (tertiary/aromatic N) is 2. The van der Waals surface area contributed by atoms with Crippen LogP contribution in [0.3, 0.4) is 0 Å². The van der Waals surface area contributed by atoms with Gasteiger partial charge in [0, 0.05) is 31.0 Å². The number of rotatable bonds is 17. The molecule has 31 heavy (non-hydrogen) atoms. The minimum atomic E-state index is -0.706. The smallest absolute Gasteiger partial charge is 0.303 e. The largest absolute Gasteiger partial charge is 0.491 e. The Balaban J connectivity index is 1.64. The number of carboxylic acids is 1. The van der Waals surface area contributed by atoms with Crippen molar-refractivity contribution in [2.45, 2.75) is 71.1 Å². The fourth-order valence-corrected chi connectivity index (χ4v) is 3.24. The number of aromatic nitrogens is 2. The molecule has 1 heterocycles. The van der Waals surface area contributed by atoms with Gasteiger partial charge < -0.3 is 14.6 Å². The van der Waals surface area contributed by atoms with E-state index in [1.807, 2.05) is 36.7 Å². The number of hydrogen-bond donors (Lipinski definition) is 1. The van der Waals surface area contributed by atoms with Crippen molar-refractivity contribution in [2.75, 3.05) is 19.8 Å². The standard InChI is InChI=1S/C25H36N2O4/c1-2-3-9-16-30-17-18-31-23-14-12-22(13-15-23)25-26-19-21(20-27-25)10-7-5-4-6-8-11-24(28)29/h12-15,19-20H,2-11,16-18H2,1H3,(H,28,29). The topological polar surface area (TPSA) is 81.5 Å². The van der Waals surface area contributed by atoms with Crippen LogP contribution in [0.5, 0.6) is 5.75 Å². The van der Waals surface area contributed by atoms with Crippen LogP contribution in [0.4, 0.5) is 0 Å². The lowest BCUT2D eigenvalue weighted by molar-refractivity contribution is -0.137. The molecule has 0 unspecified atom stereocenters. The summed E-state index contributed by atoms with van der Waals surface area (Å²) in [7, 11) is 0. The molecule has 6 nitrogen and oxygen atoms in total. The van der Waals surface area contributed by atoms with E-state index in [-0.39, 0.29) is 6.42 Å². The highest BCUT2D eigenvalue weighted by Crippen LogP contribution is 2.19. The highest BCUT2D eigenvalue weighted by Gasteiger charge is 2.03. The van der Waals surface area contributed by atoms with Gasteiger partial charge in [0.05, 0.1) is 6.61 Å². The zero-order chi connectivity index (χ0) is 22.2. The van der Waals surface area contributed by atoms with E-state index in [1.165, 1.54) is 12.8 Å². The van der Waals surface area contributed by atoms with E-state index >= 15 is 0 Å². The van der Waals surface area contributed by atoms with Crippen LogP contribution in [0.2, 0.25) is 0 Å². The molecule has 6 heteroatoms. The Morgan fingerprint density at radius 1 is 0.871 bits per heavy atom. The van der Waals surface area contributed by atoms with E-state index < -0.39 is 5.97 Å². The lowest BCUT2D eigenvalue weighted by atomic mass is 10.1. The number of benzene rings is 1. The van der Waals surface area contributed by atoms with Gasteiger partial charge in [-0.05, 0) is 55.5 Å². The summed E-state index contributed by atoms with van der Waals surface area (Å²) in [5.41, 5.74) is 2.10. The summed E-state index contributed by atoms with van der Waals surface area (Å²) >= 11 is 0. The first-order valence-electron chi connectivity index (χ1n) is 11.5. The molecule has 0 saturated heterocycles. The van der Waals surface area contributed by atoms with Crippen molar-refractivity contribution >= 4 is 5.97 Å². The summed E-state index contributed by atoms with van der Waals surface area (Å²) in [4.78, 5) is 19.5. The summed E-state index contributed by atoms with van der Waals surface area (Å²) in [6.45, 7) is 4.15. The Kier molecular flexibility index (Phi) is 12.3. The minimum absolute atomic E-state index is 0.274. The number of unbranched alkanes of at least 4 members (excludes halogenated alkanes) is 6. The van der Waals surface area contributed by atoms with Crippen LogP contribution in [0.25, 0.3) is 11.4 Å². The summed E-state index contributed by atoms with van der Waals surface area (Å²) in [5, 5.41) is 8.63. The Bertz CT molecular complexity index is 732. The zero-order valence-electron chi connectivity index (χ0n) is 18.7. The predicted octanol–water partition coefficient (Wildman–Crippen LogP) is 5.70. The third kappa shape index (κ3) is 10.9. The average Bonchev–Trinajstić information content (AvgIpc) is 2.78. The molecule has 0 bridgehead atoms. The summed E-state index contributed by atoms with van der Waals surface area (Å²) < 4.78 is 11.3. The van der Waals surface area contributed by atoms with Crippen molar-refractivity contribution < 1.29 is 19.4 Å². The second kappa shape index (κ2) is 15.3. The first-order valence-corrected chi connectivity index (χ1v) is 11.5. The highest BCUT2D eigenvalue weighted by molar-refractivity contribution is 5.66. The van der Waals surface area contributed by atoms with Crippen LogP contribution < -0.4 is 4.74 Å². The number of carbonyl (C=O) groups is 1. The summed E-state index contributed by atoms with van der Waals surface area (Å²) in [6.07, 6.45) is 13.5. The molecule has 0 radical (unpaired) electrons. The number of aliphatic carboxylic acids is 1. The quantitative estimate of drug-likeness (QED) is 0.326. The molecule has 0 aliphatic carbocycles. The van der Waals surface area contributed by atoms with Crippen LogP contribution in [-0.4, -0.2) is 40.9 Å². The number of aryl methyl sites for hydroxylation is 1. The molecule has 0 atom stereocenters. The van der Waals surface area contributed by atoms with Gasteiger partial charge in [0.1, 0.15) is 12.4 Å². The van der Waals surface area contributed by atoms with Crippen molar-refractivity contribution in [3.8, 4) is 17.1 Å². The normalized spacial score (nSPS) is 10.9. The molecule has 1 N–H and O–H groups in total. The molecule has 0 saturated carbocycles. The van der Waals surface area contributed by atoms with Gasteiger partial charge in [-0.25, -0.2) is 9.97 Å². The molecule has 1 aromatic heterocycles. The first-order chi connectivity index (χ1) is 15.2. The van der Waals surface area contributed by atoms with Crippen molar-refractivity contribution in [3.63, 3.8) is 0 Å². The van der Waals surface area contributed by atoms with E-state index in [9.17, 15) is 4.79 Å². The van der Waals surface area contributed by atoms with E-state index in [0.29, 0.717) is 19.0 Å². The van der Waals surface area contributed by atoms with E-state index in [2.05, 4.69) is 16.9 Å². The van der Waals surface area contributed by atoms with Crippen LogP contribution in [0, 0.1) is 0 Å². The maximum atomic E-state index is 10.5. The molecule has 0 spiro atoms. The van der Waals surface area contributed by atoms with Crippen LogP contribution in [0.15, 0.2) is 36.7 Å². The fraction of sp³-hybridized carbons (Fsp3) is 0.560. The maximum absolute atomic E-state index is 10.5. The molecule has 2 aromatic rings. The van der Waals surface area contributed by atoms with Gasteiger partial charge in [0.2, 0.25) is 0 Å². The second-order valence-corrected chi connectivity index (χ2v) is 7.77. The second-order valence-electron chi connectivity index (χ2n) is 7.77. The molecule has 0 amide bonds. The molecule has 2 rings (SSSR count). The first kappa shape index (κ1) is 24.8. The molecule has 170 valence electrons. The molecular weight excluding hydrogens is 392 g/mol. The Morgan fingerprint density at radius 3 is 2.29 bits per heavy atom. The van der Waals surface area contributed by atoms with Gasteiger partial charge in [0.25, 0.3) is 0 Å². The molecule has 0 fully saturated rings. The van der Waals surface area contributed by atoms with Crippen LogP contribution >= 0.6 is 0 Å². The van der Waals surface area contributed by atoms with Gasteiger partial charge in [-0.2, -0.15) is 0 Å². The summed E-state index contributed by atoms with van der Waals surface area (Å²) in [5.74, 6) is 0.825. The van der Waals surface area contributed by atoms with E-state index in [1.54, 1.807) is 0 Å². The lowest BCUT2D eigenvalue weighted by Crippen LogP contribution is -2.07. The Labute approximate surface area is 186 Å². The fourth-order valence-electron chi connectivity index (χ4n) is 3.24. The average molecular weight is 429 g/mol. The highest BCUT2D eigenvalue weighted by atomic mass is 16.5. The van der Waals surface area contributed by atoms with E-state index in [4.69, 9.17) is 14.6 Å². The minimum Gasteiger partial charge on any atom is -0.491 e. The summed E-state index contributed by atoms with van der Waals surface area (Å²) in [6, 6.07) is 7.83. The number of ether oxygens (including phenoxy) is 2. The SMILES string of the molecule is CCCCCOCCOc1ccc(-c2ncc(CCCCCCCC(=O)O)cn2)cc1.